The zero-order valence-corrected chi connectivity index (χ0v) is 15.7. The van der Waals surface area contributed by atoms with Gasteiger partial charge in [0, 0.05) is 22.6 Å². The molecule has 1 aliphatic heterocycles. The quantitative estimate of drug-likeness (QED) is 0.452. The van der Waals surface area contributed by atoms with Gasteiger partial charge in [-0.05, 0) is 32.4 Å². The van der Waals surface area contributed by atoms with Gasteiger partial charge < -0.3 is 19.6 Å². The molecule has 0 bridgehead atoms. The van der Waals surface area contributed by atoms with E-state index in [9.17, 15) is 24.3 Å². The van der Waals surface area contributed by atoms with Gasteiger partial charge in [0.2, 0.25) is 0 Å². The molecule has 2 heterocycles. The molecule has 1 fully saturated rings. The fraction of sp³-hybridized carbons (Fsp3) is 0.368. The molecule has 1 aliphatic rings. The van der Waals surface area contributed by atoms with Crippen LogP contribution in [0.2, 0.25) is 0 Å². The third kappa shape index (κ3) is 3.30. The van der Waals surface area contributed by atoms with E-state index in [4.69, 9.17) is 9.15 Å². The number of phenolic OH excluding ortho intramolecular Hbond substituents is 1. The minimum atomic E-state index is -1.04. The summed E-state index contributed by atoms with van der Waals surface area (Å²) < 4.78 is 10.3. The minimum absolute atomic E-state index is 0.0256. The van der Waals surface area contributed by atoms with E-state index in [1.807, 2.05) is 0 Å². The Morgan fingerprint density at radius 3 is 2.68 bits per heavy atom. The average molecular weight is 388 g/mol. The largest absolute Gasteiger partial charge is 0.508 e. The Morgan fingerprint density at radius 2 is 2.04 bits per heavy atom. The van der Waals surface area contributed by atoms with Gasteiger partial charge in [0.15, 0.2) is 0 Å². The van der Waals surface area contributed by atoms with Gasteiger partial charge in [-0.15, -0.1) is 0 Å². The van der Waals surface area contributed by atoms with Crippen molar-refractivity contribution in [1.82, 2.24) is 10.2 Å². The van der Waals surface area contributed by atoms with Crippen molar-refractivity contribution in [3.05, 3.63) is 39.7 Å². The second kappa shape index (κ2) is 6.99. The Bertz CT molecular complexity index is 1040. The standard InChI is InChI=1S/C19H20N2O7/c1-4-19(3)17(25)21(18(26)20-19)8-15(24)27-9-11-7-14(23)28-16-10(2)13(22)6-5-12(11)16/h5-7,22H,4,8-9H2,1-3H3,(H,20,26)/t19-/m0/s1. The molecule has 28 heavy (non-hydrogen) atoms. The second-order valence-electron chi connectivity index (χ2n) is 6.84. The molecule has 3 amide bonds. The van der Waals surface area contributed by atoms with Gasteiger partial charge in [-0.3, -0.25) is 14.5 Å². The van der Waals surface area contributed by atoms with Crippen molar-refractivity contribution < 1.29 is 28.6 Å². The number of rotatable bonds is 5. The van der Waals surface area contributed by atoms with Crippen LogP contribution in [0.1, 0.15) is 31.4 Å². The van der Waals surface area contributed by atoms with Crippen LogP contribution in [0.25, 0.3) is 11.0 Å². The Hall–Kier alpha value is -3.36. The Labute approximate surface area is 159 Å². The number of hydrogen-bond donors (Lipinski definition) is 2. The predicted octanol–water partition coefficient (Wildman–Crippen LogP) is 1.57. The molecule has 1 saturated heterocycles. The number of hydrogen-bond acceptors (Lipinski definition) is 7. The topological polar surface area (TPSA) is 126 Å². The van der Waals surface area contributed by atoms with Crippen molar-refractivity contribution in [2.45, 2.75) is 39.3 Å². The van der Waals surface area contributed by atoms with Crippen molar-refractivity contribution in [2.75, 3.05) is 6.54 Å². The lowest BCUT2D eigenvalue weighted by Gasteiger charge is -2.18. The zero-order valence-electron chi connectivity index (χ0n) is 15.7. The number of fused-ring (bicyclic) bond motifs is 1. The number of carbonyl (C=O) groups is 3. The van der Waals surface area contributed by atoms with Gasteiger partial charge in [0.05, 0.1) is 0 Å². The van der Waals surface area contributed by atoms with Crippen LogP contribution in [-0.4, -0.2) is 40.0 Å². The van der Waals surface area contributed by atoms with Crippen molar-refractivity contribution >= 4 is 28.9 Å². The molecule has 0 unspecified atom stereocenters. The van der Waals surface area contributed by atoms with Crippen LogP contribution in [0.3, 0.4) is 0 Å². The fourth-order valence-corrected chi connectivity index (χ4v) is 3.00. The van der Waals surface area contributed by atoms with E-state index in [0.29, 0.717) is 22.9 Å². The molecule has 1 atom stereocenters. The summed E-state index contributed by atoms with van der Waals surface area (Å²) in [5.41, 5.74) is -0.712. The van der Waals surface area contributed by atoms with Crippen molar-refractivity contribution in [3.63, 3.8) is 0 Å². The van der Waals surface area contributed by atoms with E-state index in [2.05, 4.69) is 5.32 Å². The maximum absolute atomic E-state index is 12.3. The maximum Gasteiger partial charge on any atom is 0.336 e. The summed E-state index contributed by atoms with van der Waals surface area (Å²) in [5, 5.41) is 12.8. The van der Waals surface area contributed by atoms with Crippen LogP contribution in [-0.2, 0) is 20.9 Å². The normalized spacial score (nSPS) is 19.2. The summed E-state index contributed by atoms with van der Waals surface area (Å²) in [7, 11) is 0. The number of amides is 3. The Kier molecular flexibility index (Phi) is 4.84. The molecular formula is C19H20N2O7. The van der Waals surface area contributed by atoms with E-state index in [1.54, 1.807) is 26.8 Å². The molecule has 0 spiro atoms. The molecule has 3 rings (SSSR count). The molecular weight excluding hydrogens is 368 g/mol. The summed E-state index contributed by atoms with van der Waals surface area (Å²) in [4.78, 5) is 49.1. The van der Waals surface area contributed by atoms with E-state index in [0.717, 1.165) is 4.90 Å². The summed E-state index contributed by atoms with van der Waals surface area (Å²) in [6.45, 7) is 4.16. The first kappa shape index (κ1) is 19.4. The van der Waals surface area contributed by atoms with E-state index >= 15 is 0 Å². The SMILES string of the molecule is CC[C@]1(C)NC(=O)N(CC(=O)OCc2cc(=O)oc3c(C)c(O)ccc23)C1=O. The highest BCUT2D eigenvalue weighted by molar-refractivity contribution is 6.08. The highest BCUT2D eigenvalue weighted by Crippen LogP contribution is 2.27. The maximum atomic E-state index is 12.3. The fourth-order valence-electron chi connectivity index (χ4n) is 3.00. The summed E-state index contributed by atoms with van der Waals surface area (Å²) in [5.74, 6) is -1.31. The van der Waals surface area contributed by atoms with Gasteiger partial charge in [-0.25, -0.2) is 9.59 Å². The lowest BCUT2D eigenvalue weighted by molar-refractivity contribution is -0.148. The number of carbonyl (C=O) groups excluding carboxylic acids is 3. The lowest BCUT2D eigenvalue weighted by Crippen LogP contribution is -2.43. The molecule has 2 N–H and O–H groups in total. The number of nitrogens with one attached hydrogen (secondary N) is 1. The highest BCUT2D eigenvalue weighted by Gasteiger charge is 2.47. The molecule has 9 heteroatoms. The van der Waals surface area contributed by atoms with Crippen LogP contribution in [0, 0.1) is 6.92 Å². The van der Waals surface area contributed by atoms with Gasteiger partial charge in [-0.2, -0.15) is 0 Å². The molecule has 148 valence electrons. The number of imide groups is 1. The summed E-state index contributed by atoms with van der Waals surface area (Å²) in [6.07, 6.45) is 0.390. The molecule has 0 radical (unpaired) electrons. The minimum Gasteiger partial charge on any atom is -0.508 e. The third-order valence-electron chi connectivity index (χ3n) is 4.95. The number of aryl methyl sites for hydroxylation is 1. The first-order chi connectivity index (χ1) is 13.2. The monoisotopic (exact) mass is 388 g/mol. The predicted molar refractivity (Wildman–Crippen MR) is 97.6 cm³/mol. The molecule has 1 aromatic heterocycles. The number of nitrogens with zero attached hydrogens (tertiary/aromatic N) is 1. The van der Waals surface area contributed by atoms with E-state index in [-0.39, 0.29) is 17.9 Å². The summed E-state index contributed by atoms with van der Waals surface area (Å²) in [6, 6.07) is 3.53. The van der Waals surface area contributed by atoms with Gasteiger partial charge >= 0.3 is 17.6 Å². The van der Waals surface area contributed by atoms with Crippen LogP contribution in [0.15, 0.2) is 27.4 Å². The number of urea groups is 1. The number of ether oxygens (including phenoxy) is 1. The first-order valence-electron chi connectivity index (χ1n) is 8.71. The van der Waals surface area contributed by atoms with Gasteiger partial charge in [0.25, 0.3) is 5.91 Å². The van der Waals surface area contributed by atoms with E-state index < -0.39 is 35.6 Å². The molecule has 9 nitrogen and oxygen atoms in total. The first-order valence-corrected chi connectivity index (χ1v) is 8.71. The highest BCUT2D eigenvalue weighted by atomic mass is 16.5. The Morgan fingerprint density at radius 1 is 1.32 bits per heavy atom. The van der Waals surface area contributed by atoms with Crippen LogP contribution in [0.5, 0.6) is 5.75 Å². The van der Waals surface area contributed by atoms with Gasteiger partial charge in [0.1, 0.15) is 30.0 Å². The van der Waals surface area contributed by atoms with Gasteiger partial charge in [-0.1, -0.05) is 6.92 Å². The smallest absolute Gasteiger partial charge is 0.336 e. The van der Waals surface area contributed by atoms with Crippen LogP contribution < -0.4 is 10.9 Å². The van der Waals surface area contributed by atoms with E-state index in [1.165, 1.54) is 12.1 Å². The molecule has 2 aromatic rings. The van der Waals surface area contributed by atoms with Crippen LogP contribution >= 0.6 is 0 Å². The second-order valence-corrected chi connectivity index (χ2v) is 6.84. The number of esters is 1. The Balaban J connectivity index is 1.75. The van der Waals surface area contributed by atoms with Crippen molar-refractivity contribution in [3.8, 4) is 5.75 Å². The average Bonchev–Trinajstić information content (AvgIpc) is 2.87. The summed E-state index contributed by atoms with van der Waals surface area (Å²) >= 11 is 0. The number of phenols is 1. The number of benzene rings is 1. The molecule has 0 saturated carbocycles. The third-order valence-corrected chi connectivity index (χ3v) is 4.95. The van der Waals surface area contributed by atoms with Crippen LogP contribution in [0.4, 0.5) is 4.79 Å². The van der Waals surface area contributed by atoms with Crippen molar-refractivity contribution in [1.29, 1.82) is 0 Å². The zero-order chi connectivity index (χ0) is 20.6. The molecule has 0 aliphatic carbocycles. The van der Waals surface area contributed by atoms with Crippen molar-refractivity contribution in [2.24, 2.45) is 0 Å². The molecule has 1 aromatic carbocycles. The lowest BCUT2D eigenvalue weighted by atomic mass is 9.99. The number of aromatic hydroxyl groups is 1.